The molecule has 112 valence electrons. The number of carbonyl (C=O) groups excluding carboxylic acids is 1. The van der Waals surface area contributed by atoms with Crippen LogP contribution < -0.4 is 0 Å². The van der Waals surface area contributed by atoms with Crippen LogP contribution in [0.1, 0.15) is 36.7 Å². The highest BCUT2D eigenvalue weighted by Gasteiger charge is 2.38. The lowest BCUT2D eigenvalue weighted by Crippen LogP contribution is -2.44. The van der Waals surface area contributed by atoms with Crippen molar-refractivity contribution in [3.8, 4) is 0 Å². The van der Waals surface area contributed by atoms with Gasteiger partial charge in [-0.25, -0.2) is 0 Å². The van der Waals surface area contributed by atoms with Gasteiger partial charge in [0, 0.05) is 19.8 Å². The molecule has 1 aromatic heterocycles. The van der Waals surface area contributed by atoms with Crippen LogP contribution in [0, 0.1) is 0 Å². The minimum absolute atomic E-state index is 0.191. The monoisotopic (exact) mass is 301 g/mol. The van der Waals surface area contributed by atoms with Crippen molar-refractivity contribution in [2.24, 2.45) is 0 Å². The molecule has 0 bridgehead atoms. The number of likely N-dealkylation sites (N-methyl/N-ethyl adjacent to an activating group) is 1. The van der Waals surface area contributed by atoms with E-state index < -0.39 is 18.2 Å². The van der Waals surface area contributed by atoms with Gasteiger partial charge in [-0.3, -0.25) is 9.48 Å². The number of aliphatic hydroxyl groups is 2. The molecule has 3 atom stereocenters. The number of hydrogen-bond donors (Lipinski definition) is 2. The molecule has 0 aliphatic heterocycles. The summed E-state index contributed by atoms with van der Waals surface area (Å²) in [6, 6.07) is -0.398. The van der Waals surface area contributed by atoms with Crippen LogP contribution in [0.15, 0.2) is 6.20 Å². The van der Waals surface area contributed by atoms with Gasteiger partial charge >= 0.3 is 0 Å². The second kappa shape index (κ2) is 6.11. The zero-order valence-corrected chi connectivity index (χ0v) is 12.4. The topological polar surface area (TPSA) is 78.6 Å². The van der Waals surface area contributed by atoms with E-state index >= 15 is 0 Å². The summed E-state index contributed by atoms with van der Waals surface area (Å²) in [5.74, 6) is -0.331. The van der Waals surface area contributed by atoms with E-state index in [-0.39, 0.29) is 11.6 Å². The second-order valence-corrected chi connectivity index (χ2v) is 5.61. The Morgan fingerprint density at radius 2 is 2.25 bits per heavy atom. The highest BCUT2D eigenvalue weighted by atomic mass is 35.5. The number of rotatable bonds is 4. The van der Waals surface area contributed by atoms with Crippen LogP contribution >= 0.6 is 11.6 Å². The van der Waals surface area contributed by atoms with Crippen molar-refractivity contribution < 1.29 is 15.0 Å². The minimum atomic E-state index is -0.916. The maximum Gasteiger partial charge on any atom is 0.275 e. The number of aryl methyl sites for hydroxylation is 1. The molecule has 0 spiro atoms. The summed E-state index contributed by atoms with van der Waals surface area (Å²) in [6.07, 6.45) is 1.89. The van der Waals surface area contributed by atoms with E-state index in [1.54, 1.807) is 17.9 Å². The number of aliphatic hydroxyl groups excluding tert-OH is 2. The normalized spacial score (nSPS) is 25.9. The molecule has 0 radical (unpaired) electrons. The molecule has 1 heterocycles. The first-order chi connectivity index (χ1) is 9.45. The maximum absolute atomic E-state index is 12.4. The van der Waals surface area contributed by atoms with Crippen LogP contribution in [0.4, 0.5) is 0 Å². The van der Waals surface area contributed by atoms with E-state index in [1.807, 2.05) is 6.92 Å². The van der Waals surface area contributed by atoms with Gasteiger partial charge in [0.1, 0.15) is 6.10 Å². The standard InChI is InChI=1S/C13H20ClN3O3/c1-3-6-17-7-8(14)11(15-17)13(20)16(2)9-4-5-10(18)12(9)19/h7,9-10,12,18-19H,3-6H2,1-2H3/t9-,10-,12-/m1/s1. The van der Waals surface area contributed by atoms with Gasteiger partial charge in [-0.2, -0.15) is 5.10 Å². The summed E-state index contributed by atoms with van der Waals surface area (Å²) < 4.78 is 1.64. The molecule has 1 saturated carbocycles. The third kappa shape index (κ3) is 2.82. The number of nitrogens with zero attached hydrogens (tertiary/aromatic N) is 3. The number of aromatic nitrogens is 2. The van der Waals surface area contributed by atoms with Gasteiger partial charge in [0.15, 0.2) is 5.69 Å². The first kappa shape index (κ1) is 15.3. The first-order valence-electron chi connectivity index (χ1n) is 6.82. The van der Waals surface area contributed by atoms with Crippen molar-refractivity contribution in [2.75, 3.05) is 7.05 Å². The fourth-order valence-corrected chi connectivity index (χ4v) is 2.80. The molecule has 7 heteroatoms. The Labute approximate surface area is 122 Å². The smallest absolute Gasteiger partial charge is 0.275 e. The molecule has 2 N–H and O–H groups in total. The predicted molar refractivity (Wildman–Crippen MR) is 74.7 cm³/mol. The Balaban J connectivity index is 2.14. The number of hydrogen-bond acceptors (Lipinski definition) is 4. The predicted octanol–water partition coefficient (Wildman–Crippen LogP) is 0.903. The van der Waals surface area contributed by atoms with Crippen molar-refractivity contribution >= 4 is 17.5 Å². The quantitative estimate of drug-likeness (QED) is 0.866. The summed E-state index contributed by atoms with van der Waals surface area (Å²) in [7, 11) is 1.60. The Hall–Kier alpha value is -1.11. The Kier molecular flexibility index (Phi) is 4.67. The molecule has 1 aliphatic rings. The molecule has 1 aromatic rings. The third-order valence-electron chi connectivity index (χ3n) is 3.74. The molecule has 0 unspecified atom stereocenters. The molecular weight excluding hydrogens is 282 g/mol. The molecule has 0 saturated heterocycles. The van der Waals surface area contributed by atoms with Gasteiger partial charge in [-0.1, -0.05) is 18.5 Å². The fraction of sp³-hybridized carbons (Fsp3) is 0.692. The Bertz CT molecular complexity index is 491. The van der Waals surface area contributed by atoms with Gasteiger partial charge < -0.3 is 15.1 Å². The van der Waals surface area contributed by atoms with E-state index in [0.29, 0.717) is 24.4 Å². The minimum Gasteiger partial charge on any atom is -0.390 e. The summed E-state index contributed by atoms with van der Waals surface area (Å²) in [4.78, 5) is 13.8. The lowest BCUT2D eigenvalue weighted by Gasteiger charge is -2.27. The summed E-state index contributed by atoms with van der Waals surface area (Å²) in [6.45, 7) is 2.71. The van der Waals surface area contributed by atoms with E-state index in [9.17, 15) is 15.0 Å². The van der Waals surface area contributed by atoms with Crippen LogP contribution in [-0.4, -0.2) is 56.1 Å². The van der Waals surface area contributed by atoms with E-state index in [2.05, 4.69) is 5.10 Å². The summed E-state index contributed by atoms with van der Waals surface area (Å²) in [5, 5.41) is 23.9. The van der Waals surface area contributed by atoms with Gasteiger partial charge in [0.25, 0.3) is 5.91 Å². The Morgan fingerprint density at radius 3 is 2.80 bits per heavy atom. The van der Waals surface area contributed by atoms with Gasteiger partial charge in [-0.15, -0.1) is 0 Å². The Morgan fingerprint density at radius 1 is 1.55 bits per heavy atom. The third-order valence-corrected chi connectivity index (χ3v) is 4.01. The highest BCUT2D eigenvalue weighted by molar-refractivity contribution is 6.33. The number of halogens is 1. The van der Waals surface area contributed by atoms with Gasteiger partial charge in [0.2, 0.25) is 0 Å². The van der Waals surface area contributed by atoms with Gasteiger partial charge in [0.05, 0.1) is 17.2 Å². The van der Waals surface area contributed by atoms with Crippen molar-refractivity contribution in [2.45, 2.75) is 51.0 Å². The largest absolute Gasteiger partial charge is 0.390 e. The second-order valence-electron chi connectivity index (χ2n) is 5.21. The highest BCUT2D eigenvalue weighted by Crippen LogP contribution is 2.26. The van der Waals surface area contributed by atoms with Crippen molar-refractivity contribution in [1.82, 2.24) is 14.7 Å². The number of carbonyl (C=O) groups is 1. The number of amides is 1. The zero-order valence-electron chi connectivity index (χ0n) is 11.7. The van der Waals surface area contributed by atoms with Gasteiger partial charge in [-0.05, 0) is 19.3 Å². The van der Waals surface area contributed by atoms with E-state index in [1.165, 1.54) is 4.90 Å². The summed E-state index contributed by atoms with van der Waals surface area (Å²) >= 11 is 6.05. The van der Waals surface area contributed by atoms with Crippen LogP contribution in [0.3, 0.4) is 0 Å². The van der Waals surface area contributed by atoms with Crippen LogP contribution in [-0.2, 0) is 6.54 Å². The van der Waals surface area contributed by atoms with E-state index in [0.717, 1.165) is 6.42 Å². The zero-order chi connectivity index (χ0) is 14.9. The first-order valence-corrected chi connectivity index (χ1v) is 7.19. The molecule has 1 fully saturated rings. The van der Waals surface area contributed by atoms with Crippen molar-refractivity contribution in [3.63, 3.8) is 0 Å². The lowest BCUT2D eigenvalue weighted by molar-refractivity contribution is 0.00640. The lowest BCUT2D eigenvalue weighted by atomic mass is 10.1. The van der Waals surface area contributed by atoms with E-state index in [4.69, 9.17) is 11.6 Å². The van der Waals surface area contributed by atoms with Crippen LogP contribution in [0.2, 0.25) is 5.02 Å². The molecule has 0 aromatic carbocycles. The van der Waals surface area contributed by atoms with Crippen molar-refractivity contribution in [1.29, 1.82) is 0 Å². The fourth-order valence-electron chi connectivity index (χ4n) is 2.57. The molecule has 20 heavy (non-hydrogen) atoms. The molecule has 1 amide bonds. The molecule has 1 aliphatic carbocycles. The van der Waals surface area contributed by atoms with Crippen LogP contribution in [0.5, 0.6) is 0 Å². The molecular formula is C13H20ClN3O3. The average Bonchev–Trinajstić information content (AvgIpc) is 2.93. The summed E-state index contributed by atoms with van der Waals surface area (Å²) in [5.41, 5.74) is 0.191. The molecule has 2 rings (SSSR count). The SMILES string of the molecule is CCCn1cc(Cl)c(C(=O)N(C)[C@@H]2CC[C@@H](O)[C@@H]2O)n1. The maximum atomic E-state index is 12.4. The average molecular weight is 302 g/mol. The van der Waals surface area contributed by atoms with Crippen molar-refractivity contribution in [3.05, 3.63) is 16.9 Å². The van der Waals surface area contributed by atoms with Crippen LogP contribution in [0.25, 0.3) is 0 Å². The molecule has 6 nitrogen and oxygen atoms in total.